The first-order valence-corrected chi connectivity index (χ1v) is 5.99. The highest BCUT2D eigenvalue weighted by atomic mass is 16.5. The standard InChI is InChI=1S/C14H15NO5/c1-6-9(13(16)18-4)7(2)15-12-10(6)11(8(3)20-12)14(17)19-5/h1-5H3. The minimum atomic E-state index is -0.522. The lowest BCUT2D eigenvalue weighted by Gasteiger charge is -2.08. The molecule has 0 aliphatic heterocycles. The van der Waals surface area contributed by atoms with E-state index in [4.69, 9.17) is 13.9 Å². The van der Waals surface area contributed by atoms with Crippen LogP contribution in [0.4, 0.5) is 0 Å². The van der Waals surface area contributed by atoms with Gasteiger partial charge in [-0.15, -0.1) is 0 Å². The quantitative estimate of drug-likeness (QED) is 0.784. The van der Waals surface area contributed by atoms with E-state index in [2.05, 4.69) is 4.98 Å². The number of rotatable bonds is 2. The second kappa shape index (κ2) is 4.96. The van der Waals surface area contributed by atoms with Gasteiger partial charge in [0.1, 0.15) is 11.3 Å². The number of ether oxygens (including phenoxy) is 2. The second-order valence-corrected chi connectivity index (χ2v) is 4.39. The van der Waals surface area contributed by atoms with E-state index in [1.807, 2.05) is 0 Å². The van der Waals surface area contributed by atoms with Gasteiger partial charge in [-0.25, -0.2) is 14.6 Å². The molecule has 2 aromatic heterocycles. The van der Waals surface area contributed by atoms with Gasteiger partial charge < -0.3 is 13.9 Å². The fourth-order valence-corrected chi connectivity index (χ4v) is 2.31. The number of methoxy groups -OCH3 is 2. The molecule has 2 rings (SSSR count). The van der Waals surface area contributed by atoms with Crippen LogP contribution in [0.2, 0.25) is 0 Å². The Balaban J connectivity index is 2.88. The third kappa shape index (κ3) is 1.93. The van der Waals surface area contributed by atoms with E-state index in [9.17, 15) is 9.59 Å². The van der Waals surface area contributed by atoms with E-state index in [0.29, 0.717) is 33.7 Å². The zero-order chi connectivity index (χ0) is 15.0. The summed E-state index contributed by atoms with van der Waals surface area (Å²) in [7, 11) is 2.59. The molecular weight excluding hydrogens is 262 g/mol. The van der Waals surface area contributed by atoms with Crippen LogP contribution in [0, 0.1) is 20.8 Å². The Morgan fingerprint density at radius 3 is 2.10 bits per heavy atom. The Labute approximate surface area is 115 Å². The van der Waals surface area contributed by atoms with Crippen molar-refractivity contribution < 1.29 is 23.5 Å². The molecule has 0 saturated heterocycles. The molecule has 0 aromatic carbocycles. The van der Waals surface area contributed by atoms with Crippen LogP contribution in [-0.2, 0) is 9.47 Å². The minimum absolute atomic E-state index is 0.289. The van der Waals surface area contributed by atoms with Gasteiger partial charge in [0.15, 0.2) is 0 Å². The molecule has 106 valence electrons. The summed E-state index contributed by atoms with van der Waals surface area (Å²) in [5.41, 5.74) is 2.03. The van der Waals surface area contributed by atoms with Crippen molar-refractivity contribution in [1.29, 1.82) is 0 Å². The van der Waals surface area contributed by atoms with Gasteiger partial charge >= 0.3 is 11.9 Å². The number of hydrogen-bond acceptors (Lipinski definition) is 6. The fourth-order valence-electron chi connectivity index (χ4n) is 2.31. The first-order chi connectivity index (χ1) is 9.42. The average Bonchev–Trinajstić information content (AvgIpc) is 2.73. The van der Waals surface area contributed by atoms with E-state index in [1.165, 1.54) is 14.2 Å². The number of nitrogens with zero attached hydrogens (tertiary/aromatic N) is 1. The van der Waals surface area contributed by atoms with Gasteiger partial charge in [0, 0.05) is 0 Å². The molecule has 20 heavy (non-hydrogen) atoms. The van der Waals surface area contributed by atoms with Crippen molar-refractivity contribution >= 4 is 23.0 Å². The second-order valence-electron chi connectivity index (χ2n) is 4.39. The lowest BCUT2D eigenvalue weighted by molar-refractivity contribution is 0.0588. The molecule has 0 radical (unpaired) electrons. The molecule has 0 fully saturated rings. The highest BCUT2D eigenvalue weighted by molar-refractivity contribution is 6.07. The van der Waals surface area contributed by atoms with Gasteiger partial charge in [-0.3, -0.25) is 0 Å². The highest BCUT2D eigenvalue weighted by Crippen LogP contribution is 2.31. The first-order valence-electron chi connectivity index (χ1n) is 5.99. The molecular formula is C14H15NO5. The zero-order valence-corrected chi connectivity index (χ0v) is 12.0. The van der Waals surface area contributed by atoms with Gasteiger partial charge in [0.2, 0.25) is 5.71 Å². The largest absolute Gasteiger partial charge is 0.465 e. The van der Waals surface area contributed by atoms with Gasteiger partial charge in [0.25, 0.3) is 0 Å². The predicted octanol–water partition coefficient (Wildman–Crippen LogP) is 2.33. The van der Waals surface area contributed by atoms with Crippen LogP contribution >= 0.6 is 0 Å². The molecule has 0 unspecified atom stereocenters. The zero-order valence-electron chi connectivity index (χ0n) is 12.0. The molecule has 0 N–H and O–H groups in total. The summed E-state index contributed by atoms with van der Waals surface area (Å²) < 4.78 is 15.0. The Morgan fingerprint density at radius 1 is 1.00 bits per heavy atom. The molecule has 0 saturated carbocycles. The van der Waals surface area contributed by atoms with E-state index in [1.54, 1.807) is 20.8 Å². The van der Waals surface area contributed by atoms with Crippen molar-refractivity contribution in [1.82, 2.24) is 4.98 Å². The molecule has 0 bridgehead atoms. The third-order valence-electron chi connectivity index (χ3n) is 3.23. The van der Waals surface area contributed by atoms with Gasteiger partial charge in [0.05, 0.1) is 30.9 Å². The van der Waals surface area contributed by atoms with E-state index < -0.39 is 11.9 Å². The summed E-state index contributed by atoms with van der Waals surface area (Å²) in [6, 6.07) is 0. The molecule has 6 nitrogen and oxygen atoms in total. The Hall–Kier alpha value is -2.37. The molecule has 2 aromatic rings. The minimum Gasteiger partial charge on any atom is -0.465 e. The fraction of sp³-hybridized carbons (Fsp3) is 0.357. The number of carbonyl (C=O) groups excluding carboxylic acids is 2. The van der Waals surface area contributed by atoms with Crippen LogP contribution in [0.5, 0.6) is 0 Å². The summed E-state index contributed by atoms with van der Waals surface area (Å²) in [4.78, 5) is 27.9. The van der Waals surface area contributed by atoms with Crippen LogP contribution in [0.15, 0.2) is 4.42 Å². The monoisotopic (exact) mass is 277 g/mol. The van der Waals surface area contributed by atoms with Crippen molar-refractivity contribution in [3.8, 4) is 0 Å². The maximum absolute atomic E-state index is 11.9. The lowest BCUT2D eigenvalue weighted by atomic mass is 10.0. The molecule has 0 spiro atoms. The van der Waals surface area contributed by atoms with Crippen molar-refractivity contribution in [2.75, 3.05) is 14.2 Å². The van der Waals surface area contributed by atoms with Gasteiger partial charge in [-0.1, -0.05) is 0 Å². The molecule has 0 aliphatic carbocycles. The number of aryl methyl sites for hydroxylation is 3. The number of hydrogen-bond donors (Lipinski definition) is 0. The smallest absolute Gasteiger partial charge is 0.342 e. The van der Waals surface area contributed by atoms with Crippen molar-refractivity contribution in [3.05, 3.63) is 28.1 Å². The predicted molar refractivity (Wildman–Crippen MR) is 70.9 cm³/mol. The molecule has 0 amide bonds. The first kappa shape index (κ1) is 14.0. The van der Waals surface area contributed by atoms with E-state index >= 15 is 0 Å². The van der Waals surface area contributed by atoms with E-state index in [0.717, 1.165) is 0 Å². The Bertz CT molecular complexity index is 714. The number of esters is 2. The lowest BCUT2D eigenvalue weighted by Crippen LogP contribution is -2.10. The maximum Gasteiger partial charge on any atom is 0.342 e. The molecule has 0 aliphatic rings. The number of furan rings is 1. The number of fused-ring (bicyclic) bond motifs is 1. The number of pyridine rings is 1. The van der Waals surface area contributed by atoms with Crippen LogP contribution in [-0.4, -0.2) is 31.1 Å². The molecule has 6 heteroatoms. The average molecular weight is 277 g/mol. The summed E-state index contributed by atoms with van der Waals surface area (Å²) in [5, 5.41) is 0.486. The van der Waals surface area contributed by atoms with Crippen LogP contribution in [0.1, 0.15) is 37.7 Å². The van der Waals surface area contributed by atoms with Crippen molar-refractivity contribution in [3.63, 3.8) is 0 Å². The Morgan fingerprint density at radius 2 is 1.55 bits per heavy atom. The van der Waals surface area contributed by atoms with E-state index in [-0.39, 0.29) is 5.56 Å². The summed E-state index contributed by atoms with van der Waals surface area (Å²) in [6.45, 7) is 5.07. The van der Waals surface area contributed by atoms with Crippen LogP contribution < -0.4 is 0 Å². The molecule has 0 atom stereocenters. The molecule has 2 heterocycles. The van der Waals surface area contributed by atoms with Crippen molar-refractivity contribution in [2.45, 2.75) is 20.8 Å². The van der Waals surface area contributed by atoms with Crippen LogP contribution in [0.25, 0.3) is 11.1 Å². The normalized spacial score (nSPS) is 10.7. The summed E-state index contributed by atoms with van der Waals surface area (Å²) in [5.74, 6) is -0.612. The number of carbonyl (C=O) groups is 2. The van der Waals surface area contributed by atoms with Gasteiger partial charge in [-0.05, 0) is 26.3 Å². The SMILES string of the molecule is COC(=O)c1c(C)nc2oc(C)c(C(=O)OC)c2c1C. The Kier molecular flexibility index (Phi) is 3.48. The number of aromatic nitrogens is 1. The highest BCUT2D eigenvalue weighted by Gasteiger charge is 2.26. The van der Waals surface area contributed by atoms with Gasteiger partial charge in [-0.2, -0.15) is 0 Å². The maximum atomic E-state index is 11.9. The topological polar surface area (TPSA) is 78.6 Å². The van der Waals surface area contributed by atoms with Crippen LogP contribution in [0.3, 0.4) is 0 Å². The summed E-state index contributed by atoms with van der Waals surface area (Å²) in [6.07, 6.45) is 0. The summed E-state index contributed by atoms with van der Waals surface area (Å²) >= 11 is 0. The third-order valence-corrected chi connectivity index (χ3v) is 3.23. The van der Waals surface area contributed by atoms with Crippen molar-refractivity contribution in [2.24, 2.45) is 0 Å².